The molecule has 0 unspecified atom stereocenters. The molecule has 0 saturated heterocycles. The van der Waals surface area contributed by atoms with Gasteiger partial charge in [0.1, 0.15) is 10.6 Å². The Bertz CT molecular complexity index is 1020. The van der Waals surface area contributed by atoms with Gasteiger partial charge in [0.2, 0.25) is 15.9 Å². The molecule has 0 saturated carbocycles. The Labute approximate surface area is 177 Å². The second-order valence-electron chi connectivity index (χ2n) is 6.72. The molecule has 0 aromatic heterocycles. The highest BCUT2D eigenvalue weighted by atomic mass is 32.2. The van der Waals surface area contributed by atoms with Crippen LogP contribution in [-0.2, 0) is 14.8 Å². The third-order valence-corrected chi connectivity index (χ3v) is 6.01. The molecule has 0 fully saturated rings. The molecule has 0 spiro atoms. The summed E-state index contributed by atoms with van der Waals surface area (Å²) in [5.41, 5.74) is 2.78. The maximum atomic E-state index is 12.6. The second kappa shape index (κ2) is 10.2. The van der Waals surface area contributed by atoms with Gasteiger partial charge in [-0.25, -0.2) is 13.1 Å². The molecule has 2 aromatic carbocycles. The van der Waals surface area contributed by atoms with E-state index in [2.05, 4.69) is 15.4 Å². The second-order valence-corrected chi connectivity index (χ2v) is 8.46. The number of hydrogen-bond donors (Lipinski definition) is 3. The van der Waals surface area contributed by atoms with E-state index in [4.69, 9.17) is 4.74 Å². The van der Waals surface area contributed by atoms with Crippen LogP contribution in [0.2, 0.25) is 0 Å². The van der Waals surface area contributed by atoms with Crippen molar-refractivity contribution in [2.75, 3.05) is 25.5 Å². The van der Waals surface area contributed by atoms with Crippen LogP contribution in [0.1, 0.15) is 34.8 Å². The molecule has 162 valence electrons. The van der Waals surface area contributed by atoms with E-state index in [1.54, 1.807) is 43.3 Å². The largest absolute Gasteiger partial charge is 0.495 e. The topological polar surface area (TPSA) is 114 Å². The number of benzene rings is 2. The maximum Gasteiger partial charge on any atom is 0.251 e. The first-order chi connectivity index (χ1) is 14.2. The van der Waals surface area contributed by atoms with Crippen LogP contribution < -0.4 is 20.1 Å². The molecular formula is C21H27N3O5S. The van der Waals surface area contributed by atoms with E-state index in [1.165, 1.54) is 7.11 Å². The lowest BCUT2D eigenvalue weighted by molar-refractivity contribution is -0.115. The standard InChI is InChI=1S/C21H27N3O5S/c1-5-20(25)24-17-8-6-16(7-9-17)21(26)22-10-11-23-30(27,28)19-13-15(3)14(2)12-18(19)29-4/h6-9,12-13,23H,5,10-11H2,1-4H3,(H,22,26)(H,24,25). The van der Waals surface area contributed by atoms with Gasteiger partial charge in [0.05, 0.1) is 7.11 Å². The van der Waals surface area contributed by atoms with Crippen molar-refractivity contribution in [1.82, 2.24) is 10.0 Å². The van der Waals surface area contributed by atoms with Crippen LogP contribution in [0.5, 0.6) is 5.75 Å². The molecule has 0 aliphatic carbocycles. The minimum absolute atomic E-state index is 0.0226. The first-order valence-corrected chi connectivity index (χ1v) is 11.0. The number of hydrogen-bond acceptors (Lipinski definition) is 5. The number of rotatable bonds is 9. The number of methoxy groups -OCH3 is 1. The highest BCUT2D eigenvalue weighted by Gasteiger charge is 2.20. The van der Waals surface area contributed by atoms with Crippen molar-refractivity contribution in [2.24, 2.45) is 0 Å². The van der Waals surface area contributed by atoms with E-state index in [0.29, 0.717) is 17.7 Å². The molecule has 3 N–H and O–H groups in total. The molecule has 8 nitrogen and oxygen atoms in total. The van der Waals surface area contributed by atoms with Gasteiger partial charge in [-0.3, -0.25) is 9.59 Å². The predicted molar refractivity (Wildman–Crippen MR) is 115 cm³/mol. The highest BCUT2D eigenvalue weighted by Crippen LogP contribution is 2.27. The molecule has 0 aliphatic rings. The third kappa shape index (κ3) is 6.04. The molecule has 0 aliphatic heterocycles. The summed E-state index contributed by atoms with van der Waals surface area (Å²) >= 11 is 0. The molecule has 2 aromatic rings. The molecule has 30 heavy (non-hydrogen) atoms. The normalized spacial score (nSPS) is 11.1. The van der Waals surface area contributed by atoms with Gasteiger partial charge in [-0.05, 0) is 61.4 Å². The molecule has 9 heteroatoms. The van der Waals surface area contributed by atoms with E-state index >= 15 is 0 Å². The fourth-order valence-corrected chi connectivity index (χ4v) is 3.89. The predicted octanol–water partition coefficient (Wildman–Crippen LogP) is 2.37. The van der Waals surface area contributed by atoms with Crippen LogP contribution in [0, 0.1) is 13.8 Å². The third-order valence-electron chi connectivity index (χ3n) is 4.52. The van der Waals surface area contributed by atoms with Crippen molar-refractivity contribution in [1.29, 1.82) is 0 Å². The monoisotopic (exact) mass is 433 g/mol. The van der Waals surface area contributed by atoms with Crippen molar-refractivity contribution in [3.8, 4) is 5.75 Å². The molecule has 0 radical (unpaired) electrons. The number of amides is 2. The summed E-state index contributed by atoms with van der Waals surface area (Å²) in [5, 5.41) is 5.36. The van der Waals surface area contributed by atoms with Crippen molar-refractivity contribution in [3.05, 3.63) is 53.1 Å². The number of aryl methyl sites for hydroxylation is 2. The van der Waals surface area contributed by atoms with Crippen LogP contribution in [0.3, 0.4) is 0 Å². The van der Waals surface area contributed by atoms with Crippen molar-refractivity contribution in [2.45, 2.75) is 32.1 Å². The molecule has 0 bridgehead atoms. The van der Waals surface area contributed by atoms with Gasteiger partial charge in [0.15, 0.2) is 0 Å². The lowest BCUT2D eigenvalue weighted by Crippen LogP contribution is -2.34. The highest BCUT2D eigenvalue weighted by molar-refractivity contribution is 7.89. The molecule has 0 heterocycles. The average molecular weight is 434 g/mol. The van der Waals surface area contributed by atoms with Crippen LogP contribution in [0.15, 0.2) is 41.3 Å². The minimum Gasteiger partial charge on any atom is -0.495 e. The fraction of sp³-hybridized carbons (Fsp3) is 0.333. The maximum absolute atomic E-state index is 12.6. The average Bonchev–Trinajstić information content (AvgIpc) is 2.73. The van der Waals surface area contributed by atoms with Crippen molar-refractivity contribution in [3.63, 3.8) is 0 Å². The zero-order chi connectivity index (χ0) is 22.3. The molecule has 2 amide bonds. The summed E-state index contributed by atoms with van der Waals surface area (Å²) in [6, 6.07) is 9.69. The number of nitrogens with one attached hydrogen (secondary N) is 3. The van der Waals surface area contributed by atoms with Gasteiger partial charge in [0.25, 0.3) is 5.91 Å². The number of anilines is 1. The van der Waals surface area contributed by atoms with Crippen LogP contribution in [0.25, 0.3) is 0 Å². The van der Waals surface area contributed by atoms with Gasteiger partial charge in [-0.15, -0.1) is 0 Å². The van der Waals surface area contributed by atoms with Crippen LogP contribution >= 0.6 is 0 Å². The van der Waals surface area contributed by atoms with Gasteiger partial charge in [0, 0.05) is 30.8 Å². The van der Waals surface area contributed by atoms with E-state index in [-0.39, 0.29) is 35.5 Å². The Balaban J connectivity index is 1.92. The number of sulfonamides is 1. The van der Waals surface area contributed by atoms with Gasteiger partial charge in [-0.2, -0.15) is 0 Å². The van der Waals surface area contributed by atoms with Crippen LogP contribution in [-0.4, -0.2) is 40.4 Å². The first-order valence-electron chi connectivity index (χ1n) is 9.51. The smallest absolute Gasteiger partial charge is 0.251 e. The summed E-state index contributed by atoms with van der Waals surface area (Å²) in [6.45, 7) is 5.59. The molecule has 0 atom stereocenters. The summed E-state index contributed by atoms with van der Waals surface area (Å²) < 4.78 is 32.9. The summed E-state index contributed by atoms with van der Waals surface area (Å²) in [5.74, 6) is -0.184. The van der Waals surface area contributed by atoms with Crippen molar-refractivity contribution >= 4 is 27.5 Å². The molecule has 2 rings (SSSR count). The van der Waals surface area contributed by atoms with Gasteiger partial charge >= 0.3 is 0 Å². The lowest BCUT2D eigenvalue weighted by atomic mass is 10.1. The zero-order valence-corrected chi connectivity index (χ0v) is 18.4. The van der Waals surface area contributed by atoms with Crippen molar-refractivity contribution < 1.29 is 22.7 Å². The number of carbonyl (C=O) groups is 2. The SMILES string of the molecule is CCC(=O)Nc1ccc(C(=O)NCCNS(=O)(=O)c2cc(C)c(C)cc2OC)cc1. The Morgan fingerprint density at radius 1 is 1.00 bits per heavy atom. The zero-order valence-electron chi connectivity index (χ0n) is 17.5. The summed E-state index contributed by atoms with van der Waals surface area (Å²) in [6.07, 6.45) is 0.367. The minimum atomic E-state index is -3.79. The Hall–Kier alpha value is -2.91. The fourth-order valence-electron chi connectivity index (χ4n) is 2.63. The van der Waals surface area contributed by atoms with E-state index in [0.717, 1.165) is 11.1 Å². The number of ether oxygens (including phenoxy) is 1. The van der Waals surface area contributed by atoms with E-state index in [9.17, 15) is 18.0 Å². The van der Waals surface area contributed by atoms with E-state index < -0.39 is 10.0 Å². The Kier molecular flexibility index (Phi) is 7.96. The Morgan fingerprint density at radius 3 is 2.23 bits per heavy atom. The van der Waals surface area contributed by atoms with E-state index in [1.807, 2.05) is 13.8 Å². The van der Waals surface area contributed by atoms with Crippen LogP contribution in [0.4, 0.5) is 5.69 Å². The summed E-state index contributed by atoms with van der Waals surface area (Å²) in [4.78, 5) is 23.7. The Morgan fingerprint density at radius 2 is 1.63 bits per heavy atom. The summed E-state index contributed by atoms with van der Waals surface area (Å²) in [7, 11) is -2.37. The first kappa shape index (κ1) is 23.4. The quantitative estimate of drug-likeness (QED) is 0.526. The van der Waals surface area contributed by atoms with Gasteiger partial charge < -0.3 is 15.4 Å². The lowest BCUT2D eigenvalue weighted by Gasteiger charge is -2.13. The van der Waals surface area contributed by atoms with Gasteiger partial charge in [-0.1, -0.05) is 6.92 Å². The number of carbonyl (C=O) groups excluding carboxylic acids is 2. The molecular weight excluding hydrogens is 406 g/mol.